The molecule has 1 N–H and O–H groups in total. The van der Waals surface area contributed by atoms with Gasteiger partial charge in [0.15, 0.2) is 5.69 Å². The van der Waals surface area contributed by atoms with Gasteiger partial charge in [-0.2, -0.15) is 5.10 Å². The Balaban J connectivity index is 1.24. The molecule has 4 aromatic rings. The number of amides is 2. The van der Waals surface area contributed by atoms with Crippen LogP contribution in [0.15, 0.2) is 59.2 Å². The number of carbonyl (C=O) groups excluding carboxylic acids is 2. The summed E-state index contributed by atoms with van der Waals surface area (Å²) in [5, 5.41) is 7.81. The van der Waals surface area contributed by atoms with Crippen molar-refractivity contribution < 1.29 is 18.7 Å². The lowest BCUT2D eigenvalue weighted by Gasteiger charge is -2.28. The van der Waals surface area contributed by atoms with E-state index in [9.17, 15) is 9.59 Å². The zero-order valence-electron chi connectivity index (χ0n) is 23.6. The number of nitrogens with zero attached hydrogens (tertiary/aromatic N) is 5. The van der Waals surface area contributed by atoms with E-state index in [-0.39, 0.29) is 17.9 Å². The quantitative estimate of drug-likeness (QED) is 0.332. The fraction of sp³-hybridized carbons (Fsp3) is 0.355. The van der Waals surface area contributed by atoms with Crippen LogP contribution < -0.4 is 15.0 Å². The van der Waals surface area contributed by atoms with Crippen LogP contribution in [0.25, 0.3) is 17.3 Å². The van der Waals surface area contributed by atoms with E-state index in [4.69, 9.17) is 14.3 Å². The fourth-order valence-electron chi connectivity index (χ4n) is 5.67. The van der Waals surface area contributed by atoms with Gasteiger partial charge in [-0.25, -0.2) is 9.67 Å². The van der Waals surface area contributed by atoms with Gasteiger partial charge in [-0.1, -0.05) is 0 Å². The van der Waals surface area contributed by atoms with Crippen LogP contribution in [0.1, 0.15) is 47.9 Å². The minimum atomic E-state index is -0.166. The van der Waals surface area contributed by atoms with Gasteiger partial charge in [0.05, 0.1) is 18.5 Å². The van der Waals surface area contributed by atoms with Crippen molar-refractivity contribution in [3.63, 3.8) is 0 Å². The van der Waals surface area contributed by atoms with Crippen molar-refractivity contribution in [3.05, 3.63) is 71.7 Å². The van der Waals surface area contributed by atoms with Crippen LogP contribution in [0.2, 0.25) is 0 Å². The van der Waals surface area contributed by atoms with E-state index >= 15 is 0 Å². The van der Waals surface area contributed by atoms with Gasteiger partial charge < -0.3 is 24.3 Å². The second-order valence-electron chi connectivity index (χ2n) is 10.7. The number of hydrogen-bond donors (Lipinski definition) is 1. The second kappa shape index (κ2) is 11.2. The molecule has 0 spiro atoms. The van der Waals surface area contributed by atoms with Crippen molar-refractivity contribution in [2.75, 3.05) is 37.0 Å². The molecule has 0 bridgehead atoms. The number of carbonyl (C=O) groups is 2. The number of likely N-dealkylation sites (tertiary alicyclic amines) is 1. The molecule has 0 saturated carbocycles. The molecular formula is C31H34N6O4. The van der Waals surface area contributed by atoms with E-state index in [2.05, 4.69) is 22.1 Å². The highest BCUT2D eigenvalue weighted by Gasteiger charge is 2.35. The summed E-state index contributed by atoms with van der Waals surface area (Å²) < 4.78 is 12.6. The molecule has 10 heteroatoms. The van der Waals surface area contributed by atoms with Crippen molar-refractivity contribution in [1.29, 1.82) is 0 Å². The zero-order valence-corrected chi connectivity index (χ0v) is 23.6. The van der Waals surface area contributed by atoms with Gasteiger partial charge >= 0.3 is 0 Å². The van der Waals surface area contributed by atoms with Gasteiger partial charge in [0.1, 0.15) is 17.7 Å². The van der Waals surface area contributed by atoms with Crippen LogP contribution in [0.3, 0.4) is 0 Å². The summed E-state index contributed by atoms with van der Waals surface area (Å²) in [5.74, 6) is 0.934. The molecule has 10 nitrogen and oxygen atoms in total. The zero-order chi connectivity index (χ0) is 28.5. The average molecular weight is 555 g/mol. The molecular weight excluding hydrogens is 520 g/mol. The molecule has 2 aromatic carbocycles. The lowest BCUT2D eigenvalue weighted by atomic mass is 10.0. The molecule has 6 rings (SSSR count). The molecule has 2 aliphatic rings. The Bertz CT molecular complexity index is 1550. The maximum absolute atomic E-state index is 14.0. The highest BCUT2D eigenvalue weighted by Crippen LogP contribution is 2.34. The summed E-state index contributed by atoms with van der Waals surface area (Å²) in [7, 11) is 1.61. The van der Waals surface area contributed by atoms with Crippen LogP contribution >= 0.6 is 0 Å². The Morgan fingerprint density at radius 3 is 2.41 bits per heavy atom. The van der Waals surface area contributed by atoms with E-state index in [1.54, 1.807) is 23.0 Å². The summed E-state index contributed by atoms with van der Waals surface area (Å²) in [4.78, 5) is 35.3. The third-order valence-electron chi connectivity index (χ3n) is 7.86. The van der Waals surface area contributed by atoms with Crippen molar-refractivity contribution in [2.45, 2.75) is 45.6 Å². The molecule has 2 amide bonds. The van der Waals surface area contributed by atoms with Crippen LogP contribution in [-0.2, 0) is 11.2 Å². The highest BCUT2D eigenvalue weighted by molar-refractivity contribution is 6.08. The van der Waals surface area contributed by atoms with Gasteiger partial charge in [-0.15, -0.1) is 0 Å². The van der Waals surface area contributed by atoms with E-state index < -0.39 is 0 Å². The summed E-state index contributed by atoms with van der Waals surface area (Å²) >= 11 is 0. The van der Waals surface area contributed by atoms with Crippen molar-refractivity contribution in [1.82, 2.24) is 19.7 Å². The minimum Gasteiger partial charge on any atom is -0.497 e. The number of anilines is 2. The Labute approximate surface area is 238 Å². The van der Waals surface area contributed by atoms with Crippen LogP contribution in [0, 0.1) is 6.92 Å². The number of fused-ring (bicyclic) bond motifs is 1. The minimum absolute atomic E-state index is 0.00599. The Morgan fingerprint density at radius 1 is 1.05 bits per heavy atom. The smallest absolute Gasteiger partial charge is 0.277 e. The molecule has 41 heavy (non-hydrogen) atoms. The van der Waals surface area contributed by atoms with Gasteiger partial charge in [-0.05, 0) is 94.7 Å². The van der Waals surface area contributed by atoms with E-state index in [1.807, 2.05) is 55.5 Å². The average Bonchev–Trinajstić information content (AvgIpc) is 3.74. The predicted molar refractivity (Wildman–Crippen MR) is 156 cm³/mol. The van der Waals surface area contributed by atoms with Gasteiger partial charge in [0.25, 0.3) is 5.91 Å². The standard InChI is InChI=1S/C31H34N6O4/c1-20-19-41-30(32-20)28-26-14-17-36(31(39)29(26)37(34-28)24-10-12-25(40-3)13-11-24)23-8-6-22(7-9-23)33-27(38)18-21(2)35-15-4-5-16-35/h6-13,19,21H,4-5,14-18H2,1-3H3,(H,33,38). The number of oxazole rings is 1. The molecule has 1 atom stereocenters. The topological polar surface area (TPSA) is 106 Å². The number of rotatable bonds is 8. The lowest BCUT2D eigenvalue weighted by molar-refractivity contribution is -0.117. The molecule has 2 aromatic heterocycles. The van der Waals surface area contributed by atoms with Crippen molar-refractivity contribution in [2.24, 2.45) is 0 Å². The molecule has 0 aliphatic carbocycles. The summed E-state index contributed by atoms with van der Waals surface area (Å²) in [6.07, 6.45) is 5.02. The molecule has 1 saturated heterocycles. The molecule has 4 heterocycles. The number of nitrogens with one attached hydrogen (secondary N) is 1. The number of methoxy groups -OCH3 is 1. The number of hydrogen-bond acceptors (Lipinski definition) is 7. The number of aromatic nitrogens is 3. The van der Waals surface area contributed by atoms with Crippen molar-refractivity contribution in [3.8, 4) is 23.0 Å². The fourth-order valence-corrected chi connectivity index (χ4v) is 5.67. The van der Waals surface area contributed by atoms with E-state index in [0.717, 1.165) is 35.7 Å². The second-order valence-corrected chi connectivity index (χ2v) is 10.7. The number of aryl methyl sites for hydroxylation is 1. The van der Waals surface area contributed by atoms with Crippen LogP contribution in [0.4, 0.5) is 11.4 Å². The lowest BCUT2D eigenvalue weighted by Crippen LogP contribution is -2.38. The first-order chi connectivity index (χ1) is 19.9. The third-order valence-corrected chi connectivity index (χ3v) is 7.86. The molecule has 0 radical (unpaired) electrons. The normalized spacial score (nSPS) is 16.1. The maximum atomic E-state index is 14.0. The van der Waals surface area contributed by atoms with Crippen LogP contribution in [0.5, 0.6) is 5.75 Å². The maximum Gasteiger partial charge on any atom is 0.277 e. The SMILES string of the molecule is COc1ccc(-n2nc(-c3nc(C)co3)c3c2C(=O)N(c2ccc(NC(=O)CC(C)N4CCCC4)cc2)CC3)cc1. The van der Waals surface area contributed by atoms with E-state index in [0.29, 0.717) is 48.1 Å². The summed E-state index contributed by atoms with van der Waals surface area (Å²) in [6.45, 7) is 6.56. The molecule has 1 unspecified atom stereocenters. The first kappa shape index (κ1) is 26.8. The first-order valence-corrected chi connectivity index (χ1v) is 14.1. The van der Waals surface area contributed by atoms with E-state index in [1.165, 1.54) is 12.8 Å². The highest BCUT2D eigenvalue weighted by atomic mass is 16.5. The predicted octanol–water partition coefficient (Wildman–Crippen LogP) is 4.86. The number of benzene rings is 2. The summed E-state index contributed by atoms with van der Waals surface area (Å²) in [5.41, 5.74) is 4.78. The van der Waals surface area contributed by atoms with Gasteiger partial charge in [0, 0.05) is 35.9 Å². The Morgan fingerprint density at radius 2 is 1.76 bits per heavy atom. The van der Waals surface area contributed by atoms with Gasteiger partial charge in [-0.3, -0.25) is 9.59 Å². The molecule has 212 valence electrons. The molecule has 1 fully saturated rings. The Hall–Kier alpha value is -4.44. The van der Waals surface area contributed by atoms with Crippen molar-refractivity contribution >= 4 is 23.2 Å². The monoisotopic (exact) mass is 554 g/mol. The van der Waals surface area contributed by atoms with Gasteiger partial charge in [0.2, 0.25) is 11.8 Å². The summed E-state index contributed by atoms with van der Waals surface area (Å²) in [6, 6.07) is 15.1. The largest absolute Gasteiger partial charge is 0.497 e. The first-order valence-electron chi connectivity index (χ1n) is 14.1. The number of ether oxygens (including phenoxy) is 1. The van der Waals surface area contributed by atoms with Crippen LogP contribution in [-0.4, -0.2) is 64.3 Å². The third kappa shape index (κ3) is 5.35. The molecule has 2 aliphatic heterocycles. The Kier molecular flexibility index (Phi) is 7.32.